The second kappa shape index (κ2) is 8.90. The van der Waals surface area contributed by atoms with Crippen LogP contribution < -0.4 is 4.74 Å². The van der Waals surface area contributed by atoms with Crippen molar-refractivity contribution in [3.8, 4) is 11.5 Å². The Labute approximate surface area is 161 Å². The molecule has 0 aliphatic carbocycles. The second-order valence-corrected chi connectivity index (χ2v) is 7.92. The molecule has 2 aromatic rings. The highest BCUT2D eigenvalue weighted by molar-refractivity contribution is 6.30. The molecule has 1 aliphatic rings. The van der Waals surface area contributed by atoms with E-state index in [1.807, 2.05) is 36.4 Å². The van der Waals surface area contributed by atoms with E-state index in [4.69, 9.17) is 21.1 Å². The summed E-state index contributed by atoms with van der Waals surface area (Å²) in [6.07, 6.45) is 1.73. The standard InChI is InChI=1S/C22H28ClNO2/c1-16(13-24-14-17(2)25-18(3)15-24)12-19-4-8-21(9-5-19)26-22-10-6-20(23)7-11-22/h4-11,16-18H,12-15H2,1-3H3. The van der Waals surface area contributed by atoms with Crippen molar-refractivity contribution in [2.45, 2.75) is 39.4 Å². The van der Waals surface area contributed by atoms with Gasteiger partial charge in [-0.05, 0) is 68.1 Å². The van der Waals surface area contributed by atoms with E-state index in [1.165, 1.54) is 5.56 Å². The Balaban J connectivity index is 1.51. The van der Waals surface area contributed by atoms with Crippen LogP contribution in [0.3, 0.4) is 0 Å². The number of hydrogen-bond donors (Lipinski definition) is 0. The Hall–Kier alpha value is -1.55. The molecule has 0 spiro atoms. The lowest BCUT2D eigenvalue weighted by Crippen LogP contribution is -2.47. The zero-order chi connectivity index (χ0) is 18.5. The minimum absolute atomic E-state index is 0.329. The molecule has 4 heteroatoms. The molecule has 0 N–H and O–H groups in total. The molecule has 1 aliphatic heterocycles. The predicted octanol–water partition coefficient (Wildman–Crippen LogP) is 5.42. The van der Waals surface area contributed by atoms with Crippen LogP contribution in [0.25, 0.3) is 0 Å². The zero-order valence-electron chi connectivity index (χ0n) is 15.8. The molecule has 0 amide bonds. The van der Waals surface area contributed by atoms with E-state index in [0.717, 1.165) is 37.6 Å². The molecule has 3 nitrogen and oxygen atoms in total. The van der Waals surface area contributed by atoms with E-state index in [0.29, 0.717) is 23.1 Å². The van der Waals surface area contributed by atoms with Crippen LogP contribution in [0.15, 0.2) is 48.5 Å². The van der Waals surface area contributed by atoms with Gasteiger partial charge in [-0.3, -0.25) is 4.90 Å². The minimum atomic E-state index is 0.329. The molecule has 3 rings (SSSR count). The fourth-order valence-electron chi connectivity index (χ4n) is 3.67. The fraction of sp³-hybridized carbons (Fsp3) is 0.455. The van der Waals surface area contributed by atoms with Crippen LogP contribution in [0, 0.1) is 5.92 Å². The summed E-state index contributed by atoms with van der Waals surface area (Å²) in [6.45, 7) is 9.81. The van der Waals surface area contributed by atoms with Gasteiger partial charge < -0.3 is 9.47 Å². The Morgan fingerprint density at radius 1 is 1.00 bits per heavy atom. The van der Waals surface area contributed by atoms with Gasteiger partial charge in [0.25, 0.3) is 0 Å². The van der Waals surface area contributed by atoms with Crippen molar-refractivity contribution in [1.29, 1.82) is 0 Å². The van der Waals surface area contributed by atoms with E-state index in [9.17, 15) is 0 Å². The Morgan fingerprint density at radius 3 is 2.12 bits per heavy atom. The third-order valence-electron chi connectivity index (χ3n) is 4.62. The van der Waals surface area contributed by atoms with Gasteiger partial charge in [0.05, 0.1) is 12.2 Å². The normalized spacial score (nSPS) is 22.2. The molecule has 0 saturated carbocycles. The first-order valence-corrected chi connectivity index (χ1v) is 9.76. The van der Waals surface area contributed by atoms with Crippen molar-refractivity contribution in [3.05, 3.63) is 59.1 Å². The van der Waals surface area contributed by atoms with Crippen LogP contribution in [0.4, 0.5) is 0 Å². The van der Waals surface area contributed by atoms with E-state index < -0.39 is 0 Å². The maximum Gasteiger partial charge on any atom is 0.127 e. The van der Waals surface area contributed by atoms with Crippen LogP contribution in [0.2, 0.25) is 5.02 Å². The lowest BCUT2D eigenvalue weighted by atomic mass is 10.00. The largest absolute Gasteiger partial charge is 0.457 e. The fourth-order valence-corrected chi connectivity index (χ4v) is 3.80. The maximum atomic E-state index is 5.90. The average Bonchev–Trinajstić information content (AvgIpc) is 2.57. The Bertz CT molecular complexity index is 676. The average molecular weight is 374 g/mol. The van der Waals surface area contributed by atoms with Gasteiger partial charge in [0.1, 0.15) is 11.5 Å². The molecular formula is C22H28ClNO2. The van der Waals surface area contributed by atoms with E-state index >= 15 is 0 Å². The summed E-state index contributed by atoms with van der Waals surface area (Å²) in [5.74, 6) is 2.25. The first-order valence-electron chi connectivity index (χ1n) is 9.38. The van der Waals surface area contributed by atoms with Crippen LogP contribution in [0.1, 0.15) is 26.3 Å². The monoisotopic (exact) mass is 373 g/mol. The van der Waals surface area contributed by atoms with Gasteiger partial charge in [-0.15, -0.1) is 0 Å². The number of halogens is 1. The summed E-state index contributed by atoms with van der Waals surface area (Å²) < 4.78 is 11.7. The SMILES string of the molecule is CC(Cc1ccc(Oc2ccc(Cl)cc2)cc1)CN1CC(C)OC(C)C1. The van der Waals surface area contributed by atoms with Gasteiger partial charge in [-0.1, -0.05) is 30.7 Å². The first-order chi connectivity index (χ1) is 12.5. The summed E-state index contributed by atoms with van der Waals surface area (Å²) in [4.78, 5) is 2.53. The number of benzene rings is 2. The minimum Gasteiger partial charge on any atom is -0.457 e. The summed E-state index contributed by atoms with van der Waals surface area (Å²) >= 11 is 5.90. The molecule has 0 radical (unpaired) electrons. The molecule has 3 atom stereocenters. The highest BCUT2D eigenvalue weighted by Crippen LogP contribution is 2.24. The van der Waals surface area contributed by atoms with Crippen molar-refractivity contribution < 1.29 is 9.47 Å². The maximum absolute atomic E-state index is 5.90. The van der Waals surface area contributed by atoms with Crippen molar-refractivity contribution in [2.75, 3.05) is 19.6 Å². The predicted molar refractivity (Wildman–Crippen MR) is 107 cm³/mol. The first kappa shape index (κ1) is 19.2. The zero-order valence-corrected chi connectivity index (χ0v) is 16.6. The van der Waals surface area contributed by atoms with Crippen LogP contribution in [-0.2, 0) is 11.2 Å². The van der Waals surface area contributed by atoms with Gasteiger partial charge in [-0.25, -0.2) is 0 Å². The van der Waals surface area contributed by atoms with Crippen molar-refractivity contribution in [2.24, 2.45) is 5.92 Å². The highest BCUT2D eigenvalue weighted by Gasteiger charge is 2.23. The molecular weight excluding hydrogens is 346 g/mol. The van der Waals surface area contributed by atoms with E-state index in [1.54, 1.807) is 0 Å². The van der Waals surface area contributed by atoms with Gasteiger partial charge in [-0.2, -0.15) is 0 Å². The highest BCUT2D eigenvalue weighted by atomic mass is 35.5. The molecule has 1 saturated heterocycles. The quantitative estimate of drug-likeness (QED) is 0.674. The summed E-state index contributed by atoms with van der Waals surface area (Å²) in [7, 11) is 0. The summed E-state index contributed by atoms with van der Waals surface area (Å²) in [5, 5.41) is 0.714. The number of nitrogens with zero attached hydrogens (tertiary/aromatic N) is 1. The number of hydrogen-bond acceptors (Lipinski definition) is 3. The smallest absolute Gasteiger partial charge is 0.127 e. The molecule has 2 aromatic carbocycles. The van der Waals surface area contributed by atoms with Gasteiger partial charge in [0.15, 0.2) is 0 Å². The Kier molecular flexibility index (Phi) is 6.58. The van der Waals surface area contributed by atoms with E-state index in [2.05, 4.69) is 37.8 Å². The third-order valence-corrected chi connectivity index (χ3v) is 4.87. The topological polar surface area (TPSA) is 21.7 Å². The molecule has 1 heterocycles. The summed E-state index contributed by atoms with van der Waals surface area (Å²) in [6, 6.07) is 15.8. The molecule has 1 fully saturated rings. The van der Waals surface area contributed by atoms with Crippen LogP contribution in [0.5, 0.6) is 11.5 Å². The molecule has 0 aromatic heterocycles. The van der Waals surface area contributed by atoms with Crippen LogP contribution >= 0.6 is 11.6 Å². The van der Waals surface area contributed by atoms with Crippen LogP contribution in [-0.4, -0.2) is 36.7 Å². The molecule has 140 valence electrons. The second-order valence-electron chi connectivity index (χ2n) is 7.49. The Morgan fingerprint density at radius 2 is 1.54 bits per heavy atom. The van der Waals surface area contributed by atoms with Gasteiger partial charge >= 0.3 is 0 Å². The summed E-state index contributed by atoms with van der Waals surface area (Å²) in [5.41, 5.74) is 1.34. The number of ether oxygens (including phenoxy) is 2. The van der Waals surface area contributed by atoms with Crippen molar-refractivity contribution in [1.82, 2.24) is 4.90 Å². The number of rotatable bonds is 6. The third kappa shape index (κ3) is 5.73. The molecule has 3 unspecified atom stereocenters. The van der Waals surface area contributed by atoms with Crippen molar-refractivity contribution >= 4 is 11.6 Å². The molecule has 0 bridgehead atoms. The lowest BCUT2D eigenvalue weighted by molar-refractivity contribution is -0.0708. The number of morpholine rings is 1. The lowest BCUT2D eigenvalue weighted by Gasteiger charge is -2.36. The van der Waals surface area contributed by atoms with Crippen molar-refractivity contribution in [3.63, 3.8) is 0 Å². The molecule has 26 heavy (non-hydrogen) atoms. The van der Waals surface area contributed by atoms with Gasteiger partial charge in [0.2, 0.25) is 0 Å². The van der Waals surface area contributed by atoms with E-state index in [-0.39, 0.29) is 0 Å². The van der Waals surface area contributed by atoms with Gasteiger partial charge in [0, 0.05) is 24.7 Å².